The Kier molecular flexibility index (Phi) is 3.87. The second-order valence-corrected chi connectivity index (χ2v) is 6.61. The highest BCUT2D eigenvalue weighted by atomic mass is 35.5. The zero-order valence-corrected chi connectivity index (χ0v) is 13.2. The molecule has 0 radical (unpaired) electrons. The van der Waals surface area contributed by atoms with E-state index in [1.807, 2.05) is 13.8 Å². The highest BCUT2D eigenvalue weighted by Gasteiger charge is 2.36. The van der Waals surface area contributed by atoms with Crippen LogP contribution in [0, 0.1) is 13.8 Å². The summed E-state index contributed by atoms with van der Waals surface area (Å²) in [5.74, 6) is 0.752. The SMILES string of the molecule is Cc1nc(Cl)c(NC2CC3CCCC(C2)N3C)nc1C. The maximum Gasteiger partial charge on any atom is 0.171 e. The smallest absolute Gasteiger partial charge is 0.171 e. The Labute approximate surface area is 125 Å². The number of rotatable bonds is 2. The van der Waals surface area contributed by atoms with Crippen molar-refractivity contribution in [3.05, 3.63) is 16.5 Å². The van der Waals surface area contributed by atoms with E-state index in [-0.39, 0.29) is 0 Å². The summed E-state index contributed by atoms with van der Waals surface area (Å²) in [6.07, 6.45) is 6.36. The number of aromatic nitrogens is 2. The van der Waals surface area contributed by atoms with Gasteiger partial charge in [-0.15, -0.1) is 0 Å². The number of nitrogens with zero attached hydrogens (tertiary/aromatic N) is 3. The van der Waals surface area contributed by atoms with Crippen molar-refractivity contribution in [2.24, 2.45) is 0 Å². The van der Waals surface area contributed by atoms with Gasteiger partial charge >= 0.3 is 0 Å². The maximum atomic E-state index is 6.22. The van der Waals surface area contributed by atoms with Crippen LogP contribution in [-0.2, 0) is 0 Å². The topological polar surface area (TPSA) is 41.1 Å². The predicted octanol–water partition coefficient (Wildman–Crippen LogP) is 3.17. The number of hydrogen-bond donors (Lipinski definition) is 1. The molecule has 110 valence electrons. The van der Waals surface area contributed by atoms with Crippen LogP contribution in [0.5, 0.6) is 0 Å². The molecule has 2 unspecified atom stereocenters. The van der Waals surface area contributed by atoms with E-state index >= 15 is 0 Å². The Morgan fingerprint density at radius 2 is 1.70 bits per heavy atom. The Morgan fingerprint density at radius 3 is 2.35 bits per heavy atom. The van der Waals surface area contributed by atoms with Gasteiger partial charge in [0.15, 0.2) is 11.0 Å². The van der Waals surface area contributed by atoms with Gasteiger partial charge in [0.25, 0.3) is 0 Å². The molecule has 20 heavy (non-hydrogen) atoms. The van der Waals surface area contributed by atoms with Gasteiger partial charge in [0.1, 0.15) is 0 Å². The van der Waals surface area contributed by atoms with Crippen LogP contribution in [-0.4, -0.2) is 40.0 Å². The fourth-order valence-electron chi connectivity index (χ4n) is 3.59. The molecule has 1 aromatic rings. The molecule has 2 bridgehead atoms. The monoisotopic (exact) mass is 294 g/mol. The van der Waals surface area contributed by atoms with Crippen LogP contribution in [0.3, 0.4) is 0 Å². The van der Waals surface area contributed by atoms with Crippen molar-refractivity contribution >= 4 is 17.4 Å². The average molecular weight is 295 g/mol. The molecule has 0 saturated carbocycles. The van der Waals surface area contributed by atoms with E-state index in [1.165, 1.54) is 32.1 Å². The number of nitrogens with one attached hydrogen (secondary N) is 1. The molecule has 0 spiro atoms. The summed E-state index contributed by atoms with van der Waals surface area (Å²) in [7, 11) is 2.27. The summed E-state index contributed by atoms with van der Waals surface area (Å²) >= 11 is 6.22. The molecule has 0 aliphatic carbocycles. The Balaban J connectivity index is 1.74. The highest BCUT2D eigenvalue weighted by molar-refractivity contribution is 6.31. The van der Waals surface area contributed by atoms with E-state index in [2.05, 4.69) is 27.2 Å². The molecule has 2 aliphatic rings. The van der Waals surface area contributed by atoms with Crippen molar-refractivity contribution in [1.82, 2.24) is 14.9 Å². The van der Waals surface area contributed by atoms with E-state index in [0.717, 1.165) is 17.2 Å². The van der Waals surface area contributed by atoms with Crippen molar-refractivity contribution < 1.29 is 0 Å². The third-order valence-corrected chi connectivity index (χ3v) is 5.21. The normalized spacial score (nSPS) is 30.3. The van der Waals surface area contributed by atoms with Crippen LogP contribution >= 0.6 is 11.6 Å². The van der Waals surface area contributed by atoms with E-state index in [1.54, 1.807) is 0 Å². The number of halogens is 1. The van der Waals surface area contributed by atoms with Gasteiger partial charge in [-0.25, -0.2) is 9.97 Å². The van der Waals surface area contributed by atoms with E-state index < -0.39 is 0 Å². The lowest BCUT2D eigenvalue weighted by atomic mass is 9.82. The van der Waals surface area contributed by atoms with E-state index in [9.17, 15) is 0 Å². The van der Waals surface area contributed by atoms with Gasteiger partial charge in [-0.2, -0.15) is 0 Å². The Bertz CT molecular complexity index is 491. The minimum atomic E-state index is 0.468. The fraction of sp³-hybridized carbons (Fsp3) is 0.733. The zero-order valence-electron chi connectivity index (χ0n) is 12.5. The molecule has 1 aromatic heterocycles. The maximum absolute atomic E-state index is 6.22. The summed E-state index contributed by atoms with van der Waals surface area (Å²) < 4.78 is 0. The summed E-state index contributed by atoms with van der Waals surface area (Å²) in [6.45, 7) is 3.92. The quantitative estimate of drug-likeness (QED) is 0.909. The van der Waals surface area contributed by atoms with Crippen molar-refractivity contribution in [2.75, 3.05) is 12.4 Å². The molecule has 3 rings (SSSR count). The largest absolute Gasteiger partial charge is 0.365 e. The number of aryl methyl sites for hydroxylation is 2. The molecule has 0 amide bonds. The molecule has 0 aromatic carbocycles. The molecule has 2 atom stereocenters. The molecular formula is C15H23ClN4. The first kappa shape index (κ1) is 14.1. The van der Waals surface area contributed by atoms with Crippen molar-refractivity contribution in [3.63, 3.8) is 0 Å². The molecule has 2 fully saturated rings. The second kappa shape index (κ2) is 5.49. The Morgan fingerprint density at radius 1 is 1.10 bits per heavy atom. The van der Waals surface area contributed by atoms with Crippen LogP contribution in [0.4, 0.5) is 5.82 Å². The lowest BCUT2D eigenvalue weighted by molar-refractivity contribution is 0.0608. The van der Waals surface area contributed by atoms with Gasteiger partial charge in [0.2, 0.25) is 0 Å². The van der Waals surface area contributed by atoms with Crippen LogP contribution in [0.1, 0.15) is 43.5 Å². The molecule has 4 nitrogen and oxygen atoms in total. The molecule has 2 aliphatic heterocycles. The molecule has 1 N–H and O–H groups in total. The fourth-order valence-corrected chi connectivity index (χ4v) is 3.82. The van der Waals surface area contributed by atoms with Crippen LogP contribution in [0.2, 0.25) is 5.15 Å². The van der Waals surface area contributed by atoms with Crippen molar-refractivity contribution in [2.45, 2.75) is 64.1 Å². The zero-order chi connectivity index (χ0) is 14.3. The van der Waals surface area contributed by atoms with E-state index in [0.29, 0.717) is 23.3 Å². The van der Waals surface area contributed by atoms with Gasteiger partial charge in [0.05, 0.1) is 11.4 Å². The molecular weight excluding hydrogens is 272 g/mol. The molecule has 5 heteroatoms. The van der Waals surface area contributed by atoms with Crippen molar-refractivity contribution in [3.8, 4) is 0 Å². The predicted molar refractivity (Wildman–Crippen MR) is 82.4 cm³/mol. The third kappa shape index (κ3) is 2.63. The summed E-state index contributed by atoms with van der Waals surface area (Å²) in [6, 6.07) is 1.88. The number of anilines is 1. The second-order valence-electron chi connectivity index (χ2n) is 6.25. The standard InChI is InChI=1S/C15H23ClN4/c1-9-10(2)18-15(14(16)17-9)19-11-7-12-5-4-6-13(8-11)20(12)3/h11-13H,4-8H2,1-3H3,(H,18,19). The first-order valence-electron chi connectivity index (χ1n) is 7.54. The third-order valence-electron chi connectivity index (χ3n) is 4.95. The first-order valence-corrected chi connectivity index (χ1v) is 7.91. The molecule has 3 heterocycles. The van der Waals surface area contributed by atoms with Gasteiger partial charge in [0, 0.05) is 18.1 Å². The van der Waals surface area contributed by atoms with Gasteiger partial charge in [-0.3, -0.25) is 0 Å². The summed E-state index contributed by atoms with van der Waals surface area (Å²) in [4.78, 5) is 11.5. The minimum Gasteiger partial charge on any atom is -0.365 e. The average Bonchev–Trinajstić information content (AvgIpc) is 2.37. The van der Waals surface area contributed by atoms with Crippen LogP contribution in [0.15, 0.2) is 0 Å². The highest BCUT2D eigenvalue weighted by Crippen LogP contribution is 2.34. The number of hydrogen-bond acceptors (Lipinski definition) is 4. The number of piperidine rings is 2. The molecule has 2 saturated heterocycles. The minimum absolute atomic E-state index is 0.468. The van der Waals surface area contributed by atoms with Gasteiger partial charge in [-0.1, -0.05) is 18.0 Å². The van der Waals surface area contributed by atoms with Crippen LogP contribution < -0.4 is 5.32 Å². The van der Waals surface area contributed by atoms with Crippen LogP contribution in [0.25, 0.3) is 0 Å². The lowest BCUT2D eigenvalue weighted by Gasteiger charge is -2.47. The van der Waals surface area contributed by atoms with Gasteiger partial charge < -0.3 is 10.2 Å². The number of fused-ring (bicyclic) bond motifs is 2. The Hall–Kier alpha value is -0.870. The summed E-state index contributed by atoms with van der Waals surface area (Å²) in [5, 5.41) is 4.03. The van der Waals surface area contributed by atoms with E-state index in [4.69, 9.17) is 11.6 Å². The van der Waals surface area contributed by atoms with Crippen molar-refractivity contribution in [1.29, 1.82) is 0 Å². The van der Waals surface area contributed by atoms with Gasteiger partial charge in [-0.05, 0) is 46.6 Å². The lowest BCUT2D eigenvalue weighted by Crippen LogP contribution is -2.52. The first-order chi connectivity index (χ1) is 9.54. The summed E-state index contributed by atoms with van der Waals surface area (Å²) in [5.41, 5.74) is 1.85.